The van der Waals surface area contributed by atoms with E-state index in [0.717, 1.165) is 6.07 Å². The quantitative estimate of drug-likeness (QED) is 0.826. The summed E-state index contributed by atoms with van der Waals surface area (Å²) in [7, 11) is 1.42. The van der Waals surface area contributed by atoms with E-state index in [1.807, 2.05) is 0 Å². The summed E-state index contributed by atoms with van der Waals surface area (Å²) in [5, 5.41) is 2.37. The van der Waals surface area contributed by atoms with Crippen LogP contribution in [0.4, 0.5) is 20.2 Å². The summed E-state index contributed by atoms with van der Waals surface area (Å²) < 4.78 is 31.8. The third kappa shape index (κ3) is 3.30. The van der Waals surface area contributed by atoms with Crippen LogP contribution in [0.2, 0.25) is 0 Å². The minimum Gasteiger partial charge on any atom is -0.495 e. The first-order valence-corrected chi connectivity index (χ1v) is 6.61. The molecule has 2 aromatic rings. The smallest absolute Gasteiger partial charge is 0.255 e. The van der Waals surface area contributed by atoms with Gasteiger partial charge < -0.3 is 15.8 Å². The van der Waals surface area contributed by atoms with Gasteiger partial charge in [0.1, 0.15) is 11.6 Å². The Hall–Kier alpha value is -2.15. The van der Waals surface area contributed by atoms with Crippen molar-refractivity contribution in [1.29, 1.82) is 0 Å². The number of nitrogens with one attached hydrogen (secondary N) is 1. The Labute approximate surface area is 128 Å². The summed E-state index contributed by atoms with van der Waals surface area (Å²) in [6.45, 7) is 0. The van der Waals surface area contributed by atoms with Crippen molar-refractivity contribution in [3.05, 3.63) is 52.0 Å². The summed E-state index contributed by atoms with van der Waals surface area (Å²) in [6, 6.07) is 6.15. The standard InChI is InChI=1S/C14H11BrF2N2O2/c1-21-12-4-7(2-3-11(12)18)14(20)19-13-9(15)5-8(16)6-10(13)17/h2-6H,18H2,1H3,(H,19,20). The summed E-state index contributed by atoms with van der Waals surface area (Å²) in [4.78, 5) is 12.1. The minimum atomic E-state index is -0.877. The fraction of sp³-hybridized carbons (Fsp3) is 0.0714. The topological polar surface area (TPSA) is 64.3 Å². The van der Waals surface area contributed by atoms with Crippen LogP contribution in [-0.2, 0) is 0 Å². The number of amides is 1. The molecular weight excluding hydrogens is 346 g/mol. The highest BCUT2D eigenvalue weighted by atomic mass is 79.9. The van der Waals surface area contributed by atoms with E-state index in [0.29, 0.717) is 17.5 Å². The predicted octanol–water partition coefficient (Wildman–Crippen LogP) is 3.57. The van der Waals surface area contributed by atoms with Gasteiger partial charge in [-0.3, -0.25) is 4.79 Å². The lowest BCUT2D eigenvalue weighted by Gasteiger charge is -2.10. The Kier molecular flexibility index (Phi) is 4.42. The highest BCUT2D eigenvalue weighted by Crippen LogP contribution is 2.28. The fourth-order valence-electron chi connectivity index (χ4n) is 1.70. The van der Waals surface area contributed by atoms with E-state index in [1.54, 1.807) is 0 Å². The Morgan fingerprint density at radius 2 is 2.00 bits per heavy atom. The number of methoxy groups -OCH3 is 1. The lowest BCUT2D eigenvalue weighted by Crippen LogP contribution is -2.14. The zero-order chi connectivity index (χ0) is 15.6. The van der Waals surface area contributed by atoms with Crippen LogP contribution in [0, 0.1) is 11.6 Å². The summed E-state index contributed by atoms with van der Waals surface area (Å²) in [5.41, 5.74) is 6.12. The molecule has 0 radical (unpaired) electrons. The molecule has 0 heterocycles. The molecule has 0 spiro atoms. The third-order valence-electron chi connectivity index (χ3n) is 2.74. The lowest BCUT2D eigenvalue weighted by atomic mass is 10.1. The molecule has 1 amide bonds. The van der Waals surface area contributed by atoms with Crippen LogP contribution < -0.4 is 15.8 Å². The number of anilines is 2. The van der Waals surface area contributed by atoms with Gasteiger partial charge in [-0.05, 0) is 40.2 Å². The maximum Gasteiger partial charge on any atom is 0.255 e. The number of hydrogen-bond acceptors (Lipinski definition) is 3. The molecule has 2 aromatic carbocycles. The van der Waals surface area contributed by atoms with Crippen LogP contribution in [0.5, 0.6) is 5.75 Å². The van der Waals surface area contributed by atoms with E-state index < -0.39 is 17.5 Å². The van der Waals surface area contributed by atoms with Gasteiger partial charge in [0, 0.05) is 16.1 Å². The second kappa shape index (κ2) is 6.09. The van der Waals surface area contributed by atoms with Crippen molar-refractivity contribution < 1.29 is 18.3 Å². The van der Waals surface area contributed by atoms with E-state index in [4.69, 9.17) is 10.5 Å². The highest BCUT2D eigenvalue weighted by Gasteiger charge is 2.15. The van der Waals surface area contributed by atoms with Crippen molar-refractivity contribution in [1.82, 2.24) is 0 Å². The van der Waals surface area contributed by atoms with E-state index in [9.17, 15) is 13.6 Å². The number of benzene rings is 2. The molecule has 0 bridgehead atoms. The second-order valence-electron chi connectivity index (χ2n) is 4.16. The van der Waals surface area contributed by atoms with Gasteiger partial charge in [-0.15, -0.1) is 0 Å². The van der Waals surface area contributed by atoms with Crippen molar-refractivity contribution in [2.75, 3.05) is 18.2 Å². The predicted molar refractivity (Wildman–Crippen MR) is 79.4 cm³/mol. The van der Waals surface area contributed by atoms with Crippen LogP contribution >= 0.6 is 15.9 Å². The number of carbonyl (C=O) groups is 1. The first-order chi connectivity index (χ1) is 9.92. The van der Waals surface area contributed by atoms with Crippen molar-refractivity contribution in [3.63, 3.8) is 0 Å². The first-order valence-electron chi connectivity index (χ1n) is 5.81. The van der Waals surface area contributed by atoms with E-state index in [1.165, 1.54) is 25.3 Å². The van der Waals surface area contributed by atoms with Gasteiger partial charge in [0.05, 0.1) is 18.5 Å². The molecular formula is C14H11BrF2N2O2. The number of halogens is 3. The van der Waals surface area contributed by atoms with E-state index >= 15 is 0 Å². The number of carbonyl (C=O) groups excluding carboxylic acids is 1. The average molecular weight is 357 g/mol. The first kappa shape index (κ1) is 15.2. The van der Waals surface area contributed by atoms with Crippen LogP contribution in [0.15, 0.2) is 34.8 Å². The number of rotatable bonds is 3. The molecule has 0 fully saturated rings. The van der Waals surface area contributed by atoms with Crippen LogP contribution in [0.25, 0.3) is 0 Å². The minimum absolute atomic E-state index is 0.107. The fourth-order valence-corrected chi connectivity index (χ4v) is 2.21. The number of hydrogen-bond donors (Lipinski definition) is 2. The van der Waals surface area contributed by atoms with Gasteiger partial charge in [-0.2, -0.15) is 0 Å². The third-order valence-corrected chi connectivity index (χ3v) is 3.37. The Balaban J connectivity index is 2.30. The van der Waals surface area contributed by atoms with E-state index in [-0.39, 0.29) is 15.7 Å². The molecule has 0 aliphatic carbocycles. The normalized spacial score (nSPS) is 10.3. The molecule has 110 valence electrons. The maximum absolute atomic E-state index is 13.7. The number of nitrogen functional groups attached to an aromatic ring is 1. The number of nitrogens with two attached hydrogens (primary N) is 1. The van der Waals surface area contributed by atoms with Gasteiger partial charge in [0.25, 0.3) is 5.91 Å². The van der Waals surface area contributed by atoms with Gasteiger partial charge in [-0.1, -0.05) is 0 Å². The lowest BCUT2D eigenvalue weighted by molar-refractivity contribution is 0.102. The largest absolute Gasteiger partial charge is 0.495 e. The molecule has 0 aliphatic heterocycles. The zero-order valence-electron chi connectivity index (χ0n) is 10.9. The van der Waals surface area contributed by atoms with Gasteiger partial charge in [0.2, 0.25) is 0 Å². The van der Waals surface area contributed by atoms with Crippen LogP contribution in [0.1, 0.15) is 10.4 Å². The van der Waals surface area contributed by atoms with Crippen molar-refractivity contribution in [3.8, 4) is 5.75 Å². The second-order valence-corrected chi connectivity index (χ2v) is 5.01. The molecule has 7 heteroatoms. The molecule has 0 saturated heterocycles. The molecule has 4 nitrogen and oxygen atoms in total. The molecule has 0 saturated carbocycles. The maximum atomic E-state index is 13.7. The Morgan fingerprint density at radius 3 is 2.62 bits per heavy atom. The van der Waals surface area contributed by atoms with Crippen molar-refractivity contribution >= 4 is 33.2 Å². The molecule has 3 N–H and O–H groups in total. The molecule has 0 aromatic heterocycles. The summed E-state index contributed by atoms with van der Waals surface area (Å²) in [6.07, 6.45) is 0. The number of ether oxygens (including phenoxy) is 1. The zero-order valence-corrected chi connectivity index (χ0v) is 12.5. The van der Waals surface area contributed by atoms with Gasteiger partial charge in [0.15, 0.2) is 5.82 Å². The molecule has 2 rings (SSSR count). The Morgan fingerprint density at radius 1 is 1.29 bits per heavy atom. The van der Waals surface area contributed by atoms with Crippen molar-refractivity contribution in [2.45, 2.75) is 0 Å². The Bertz CT molecular complexity index is 684. The van der Waals surface area contributed by atoms with Gasteiger partial charge in [-0.25, -0.2) is 8.78 Å². The van der Waals surface area contributed by atoms with Gasteiger partial charge >= 0.3 is 0 Å². The summed E-state index contributed by atoms with van der Waals surface area (Å²) in [5.74, 6) is -1.86. The van der Waals surface area contributed by atoms with Crippen LogP contribution in [-0.4, -0.2) is 13.0 Å². The monoisotopic (exact) mass is 356 g/mol. The van der Waals surface area contributed by atoms with Crippen molar-refractivity contribution in [2.24, 2.45) is 0 Å². The molecule has 0 atom stereocenters. The molecule has 0 aliphatic rings. The SMILES string of the molecule is COc1cc(C(=O)Nc2c(F)cc(F)cc2Br)ccc1N. The molecule has 21 heavy (non-hydrogen) atoms. The molecule has 0 unspecified atom stereocenters. The van der Waals surface area contributed by atoms with E-state index in [2.05, 4.69) is 21.2 Å². The van der Waals surface area contributed by atoms with Crippen LogP contribution in [0.3, 0.4) is 0 Å². The highest BCUT2D eigenvalue weighted by molar-refractivity contribution is 9.10. The summed E-state index contributed by atoms with van der Waals surface area (Å²) >= 11 is 3.00. The average Bonchev–Trinajstić information content (AvgIpc) is 2.43.